The van der Waals surface area contributed by atoms with E-state index in [9.17, 15) is 9.59 Å². The van der Waals surface area contributed by atoms with Gasteiger partial charge in [-0.3, -0.25) is 9.69 Å². The van der Waals surface area contributed by atoms with E-state index in [1.165, 1.54) is 4.90 Å². The number of thiazole rings is 1. The Bertz CT molecular complexity index is 491. The molecule has 2 fully saturated rings. The third-order valence-corrected chi connectivity index (χ3v) is 4.61. The molecular weight excluding hydrogens is 278 g/mol. The molecule has 0 aliphatic carbocycles. The van der Waals surface area contributed by atoms with E-state index >= 15 is 0 Å². The predicted octanol–water partition coefficient (Wildman–Crippen LogP) is 1.65. The number of amides is 2. The van der Waals surface area contributed by atoms with Crippen LogP contribution in [0.15, 0.2) is 11.6 Å². The predicted molar refractivity (Wildman–Crippen MR) is 73.3 cm³/mol. The fraction of sp³-hybridized carbons (Fsp3) is 0.615. The summed E-state index contributed by atoms with van der Waals surface area (Å²) in [5.74, 6) is -0.0104. The summed E-state index contributed by atoms with van der Waals surface area (Å²) in [5.41, 5.74) is 0. The van der Waals surface area contributed by atoms with Gasteiger partial charge < -0.3 is 9.64 Å². The fourth-order valence-corrected chi connectivity index (χ4v) is 3.49. The molecular formula is C13H17N3O3S. The van der Waals surface area contributed by atoms with Crippen LogP contribution in [0.25, 0.3) is 0 Å². The standard InChI is InChI=1S/C13H17N3O3S/c17-11(9-15-6-7-19-13(15)18)16-5-2-1-3-10(16)12-14-4-8-20-12/h4,8,10H,1-3,5-7,9H2/t10-/m0/s1. The van der Waals surface area contributed by atoms with E-state index in [1.807, 2.05) is 10.3 Å². The molecule has 0 unspecified atom stereocenters. The van der Waals surface area contributed by atoms with Crippen molar-refractivity contribution in [2.45, 2.75) is 25.3 Å². The van der Waals surface area contributed by atoms with Gasteiger partial charge in [-0.25, -0.2) is 9.78 Å². The average molecular weight is 295 g/mol. The second-order valence-electron chi connectivity index (χ2n) is 5.00. The molecule has 7 heteroatoms. The number of piperidine rings is 1. The molecule has 3 heterocycles. The highest BCUT2D eigenvalue weighted by molar-refractivity contribution is 7.09. The normalized spacial score (nSPS) is 23.0. The van der Waals surface area contributed by atoms with Crippen molar-refractivity contribution in [1.29, 1.82) is 0 Å². The van der Waals surface area contributed by atoms with Gasteiger partial charge >= 0.3 is 6.09 Å². The topological polar surface area (TPSA) is 62.7 Å². The average Bonchev–Trinajstić information content (AvgIpc) is 3.11. The Morgan fingerprint density at radius 2 is 2.35 bits per heavy atom. The molecule has 2 saturated heterocycles. The Kier molecular flexibility index (Phi) is 3.86. The van der Waals surface area contributed by atoms with Gasteiger partial charge in [0, 0.05) is 18.1 Å². The zero-order valence-electron chi connectivity index (χ0n) is 11.2. The third kappa shape index (κ3) is 2.63. The van der Waals surface area contributed by atoms with Gasteiger partial charge in [0.2, 0.25) is 5.91 Å². The lowest BCUT2D eigenvalue weighted by Crippen LogP contribution is -2.44. The van der Waals surface area contributed by atoms with Crippen LogP contribution in [-0.2, 0) is 9.53 Å². The summed E-state index contributed by atoms with van der Waals surface area (Å²) in [7, 11) is 0. The van der Waals surface area contributed by atoms with Gasteiger partial charge in [0.1, 0.15) is 18.2 Å². The highest BCUT2D eigenvalue weighted by Crippen LogP contribution is 2.32. The van der Waals surface area contributed by atoms with Gasteiger partial charge in [0.05, 0.1) is 12.6 Å². The zero-order valence-corrected chi connectivity index (χ0v) is 12.0. The molecule has 3 rings (SSSR count). The lowest BCUT2D eigenvalue weighted by Gasteiger charge is -2.35. The molecule has 1 aromatic rings. The van der Waals surface area contributed by atoms with Crippen LogP contribution in [0, 0.1) is 0 Å². The lowest BCUT2D eigenvalue weighted by atomic mass is 10.0. The highest BCUT2D eigenvalue weighted by atomic mass is 32.1. The van der Waals surface area contributed by atoms with Crippen LogP contribution in [0.3, 0.4) is 0 Å². The third-order valence-electron chi connectivity index (χ3n) is 3.73. The fourth-order valence-electron chi connectivity index (χ4n) is 2.71. The van der Waals surface area contributed by atoms with E-state index in [1.54, 1.807) is 17.5 Å². The van der Waals surface area contributed by atoms with Crippen molar-refractivity contribution >= 4 is 23.3 Å². The number of carbonyl (C=O) groups excluding carboxylic acids is 2. The van der Waals surface area contributed by atoms with Gasteiger partial charge in [-0.05, 0) is 19.3 Å². The van der Waals surface area contributed by atoms with Crippen molar-refractivity contribution < 1.29 is 14.3 Å². The van der Waals surface area contributed by atoms with Gasteiger partial charge in [0.15, 0.2) is 0 Å². The molecule has 20 heavy (non-hydrogen) atoms. The van der Waals surface area contributed by atoms with Crippen LogP contribution < -0.4 is 0 Å². The van der Waals surface area contributed by atoms with E-state index in [0.29, 0.717) is 13.2 Å². The van der Waals surface area contributed by atoms with Gasteiger partial charge in [0.25, 0.3) is 0 Å². The van der Waals surface area contributed by atoms with Crippen LogP contribution in [0.5, 0.6) is 0 Å². The van der Waals surface area contributed by atoms with Crippen LogP contribution in [-0.4, -0.2) is 53.0 Å². The Labute approximate surface area is 121 Å². The van der Waals surface area contributed by atoms with Crippen LogP contribution in [0.1, 0.15) is 30.3 Å². The van der Waals surface area contributed by atoms with Crippen molar-refractivity contribution in [1.82, 2.24) is 14.8 Å². The number of ether oxygens (including phenoxy) is 1. The van der Waals surface area contributed by atoms with Crippen molar-refractivity contribution in [2.75, 3.05) is 26.2 Å². The maximum Gasteiger partial charge on any atom is 0.410 e. The summed E-state index contributed by atoms with van der Waals surface area (Å²) < 4.78 is 4.86. The minimum absolute atomic E-state index is 0.0104. The Balaban J connectivity index is 1.69. The van der Waals surface area contributed by atoms with Crippen molar-refractivity contribution in [2.24, 2.45) is 0 Å². The molecule has 6 nitrogen and oxygen atoms in total. The summed E-state index contributed by atoms with van der Waals surface area (Å²) in [6.07, 6.45) is 4.46. The monoisotopic (exact) mass is 295 g/mol. The number of nitrogens with zero attached hydrogens (tertiary/aromatic N) is 3. The van der Waals surface area contributed by atoms with E-state index in [2.05, 4.69) is 4.98 Å². The Morgan fingerprint density at radius 1 is 1.45 bits per heavy atom. The maximum atomic E-state index is 12.5. The number of rotatable bonds is 3. The molecule has 2 amide bonds. The number of carbonyl (C=O) groups is 2. The number of hydrogen-bond donors (Lipinski definition) is 0. The minimum Gasteiger partial charge on any atom is -0.448 e. The second kappa shape index (κ2) is 5.78. The second-order valence-corrected chi connectivity index (χ2v) is 5.93. The summed E-state index contributed by atoms with van der Waals surface area (Å²) in [5, 5.41) is 2.92. The van der Waals surface area contributed by atoms with Crippen LogP contribution >= 0.6 is 11.3 Å². The van der Waals surface area contributed by atoms with Gasteiger partial charge in [-0.2, -0.15) is 0 Å². The van der Waals surface area contributed by atoms with Crippen molar-refractivity contribution in [3.63, 3.8) is 0 Å². The first-order valence-corrected chi connectivity index (χ1v) is 7.74. The summed E-state index contributed by atoms with van der Waals surface area (Å²) >= 11 is 1.58. The summed E-state index contributed by atoms with van der Waals surface area (Å²) in [4.78, 5) is 31.6. The molecule has 0 aromatic carbocycles. The lowest BCUT2D eigenvalue weighted by molar-refractivity contribution is -0.135. The number of aromatic nitrogens is 1. The van der Waals surface area contributed by atoms with E-state index in [0.717, 1.165) is 30.8 Å². The molecule has 1 aromatic heterocycles. The molecule has 0 bridgehead atoms. The molecule has 0 spiro atoms. The molecule has 0 N–H and O–H groups in total. The van der Waals surface area contributed by atoms with E-state index < -0.39 is 0 Å². The van der Waals surface area contributed by atoms with Crippen LogP contribution in [0.4, 0.5) is 4.79 Å². The zero-order chi connectivity index (χ0) is 13.9. The first-order valence-electron chi connectivity index (χ1n) is 6.86. The van der Waals surface area contributed by atoms with Crippen molar-refractivity contribution in [3.05, 3.63) is 16.6 Å². The van der Waals surface area contributed by atoms with Crippen LogP contribution in [0.2, 0.25) is 0 Å². The Morgan fingerprint density at radius 3 is 3.05 bits per heavy atom. The highest BCUT2D eigenvalue weighted by Gasteiger charge is 2.32. The number of likely N-dealkylation sites (tertiary alicyclic amines) is 1. The number of cyclic esters (lactones) is 1. The largest absolute Gasteiger partial charge is 0.448 e. The molecule has 2 aliphatic rings. The molecule has 0 saturated carbocycles. The first-order chi connectivity index (χ1) is 9.75. The molecule has 1 atom stereocenters. The number of hydrogen-bond acceptors (Lipinski definition) is 5. The van der Waals surface area contributed by atoms with E-state index in [-0.39, 0.29) is 24.6 Å². The quantitative estimate of drug-likeness (QED) is 0.850. The molecule has 0 radical (unpaired) electrons. The first kappa shape index (κ1) is 13.4. The minimum atomic E-state index is -0.388. The summed E-state index contributed by atoms with van der Waals surface area (Å²) in [6, 6.07) is 0.0647. The van der Waals surface area contributed by atoms with Crippen molar-refractivity contribution in [3.8, 4) is 0 Å². The molecule has 108 valence electrons. The maximum absolute atomic E-state index is 12.5. The SMILES string of the molecule is O=C1OCCN1CC(=O)N1CCCC[C@H]1c1nccs1. The van der Waals surface area contributed by atoms with Gasteiger partial charge in [-0.15, -0.1) is 11.3 Å². The van der Waals surface area contributed by atoms with E-state index in [4.69, 9.17) is 4.74 Å². The smallest absolute Gasteiger partial charge is 0.410 e. The summed E-state index contributed by atoms with van der Waals surface area (Å²) in [6.45, 7) is 1.73. The molecule has 2 aliphatic heterocycles. The van der Waals surface area contributed by atoms with Gasteiger partial charge in [-0.1, -0.05) is 0 Å². The Hall–Kier alpha value is -1.63.